The van der Waals surface area contributed by atoms with Crippen LogP contribution >= 0.6 is 31.9 Å². The minimum absolute atomic E-state index is 0.189. The van der Waals surface area contributed by atoms with Crippen molar-refractivity contribution in [2.24, 2.45) is 7.05 Å². The smallest absolute Gasteiger partial charge is 0.275 e. The number of hydrogen-bond donors (Lipinski definition) is 0. The molecular weight excluding hydrogens is 416 g/mol. The Labute approximate surface area is 143 Å². The maximum absolute atomic E-state index is 12.6. The molecule has 0 saturated heterocycles. The van der Waals surface area contributed by atoms with Gasteiger partial charge in [0.05, 0.1) is 27.4 Å². The SMILES string of the molecule is CN(Cc1c(Br)cnn1C)C(=O)c1nn2cccnc2c1Br. The number of carbonyl (C=O) groups is 1. The Hall–Kier alpha value is -1.74. The van der Waals surface area contributed by atoms with E-state index in [1.807, 2.05) is 7.05 Å². The molecule has 0 radical (unpaired) electrons. The summed E-state index contributed by atoms with van der Waals surface area (Å²) in [6, 6.07) is 1.76. The highest BCUT2D eigenvalue weighted by molar-refractivity contribution is 9.11. The third-order valence-electron chi connectivity index (χ3n) is 3.29. The second-order valence-electron chi connectivity index (χ2n) is 4.77. The fourth-order valence-corrected chi connectivity index (χ4v) is 3.09. The van der Waals surface area contributed by atoms with Gasteiger partial charge in [-0.3, -0.25) is 9.48 Å². The zero-order valence-electron chi connectivity index (χ0n) is 11.9. The molecule has 0 N–H and O–H groups in total. The maximum Gasteiger partial charge on any atom is 0.275 e. The van der Waals surface area contributed by atoms with Crippen LogP contribution in [0, 0.1) is 0 Å². The molecule has 3 aromatic heterocycles. The number of carbonyl (C=O) groups excluding carboxylic acids is 1. The van der Waals surface area contributed by atoms with Gasteiger partial charge in [0.2, 0.25) is 0 Å². The van der Waals surface area contributed by atoms with Crippen molar-refractivity contribution in [3.63, 3.8) is 0 Å². The van der Waals surface area contributed by atoms with Crippen LogP contribution in [0.3, 0.4) is 0 Å². The van der Waals surface area contributed by atoms with Crippen molar-refractivity contribution in [3.8, 4) is 0 Å². The van der Waals surface area contributed by atoms with E-state index in [0.29, 0.717) is 22.4 Å². The highest BCUT2D eigenvalue weighted by Crippen LogP contribution is 2.23. The average molecular weight is 428 g/mol. The Morgan fingerprint density at radius 1 is 1.41 bits per heavy atom. The molecule has 0 saturated carbocycles. The van der Waals surface area contributed by atoms with Crippen molar-refractivity contribution in [1.29, 1.82) is 0 Å². The van der Waals surface area contributed by atoms with Crippen LogP contribution in [0.15, 0.2) is 33.6 Å². The van der Waals surface area contributed by atoms with Gasteiger partial charge in [-0.25, -0.2) is 9.50 Å². The summed E-state index contributed by atoms with van der Waals surface area (Å²) in [5.74, 6) is -0.189. The number of aryl methyl sites for hydroxylation is 1. The van der Waals surface area contributed by atoms with Crippen LogP contribution in [0.5, 0.6) is 0 Å². The van der Waals surface area contributed by atoms with Crippen LogP contribution in [-0.4, -0.2) is 42.2 Å². The molecule has 9 heteroatoms. The van der Waals surface area contributed by atoms with Crippen molar-refractivity contribution < 1.29 is 4.79 Å². The Bertz CT molecular complexity index is 836. The summed E-state index contributed by atoms with van der Waals surface area (Å²) >= 11 is 6.84. The van der Waals surface area contributed by atoms with Gasteiger partial charge in [-0.1, -0.05) is 0 Å². The predicted molar refractivity (Wildman–Crippen MR) is 87.4 cm³/mol. The third kappa shape index (κ3) is 2.54. The molecule has 3 aromatic rings. The third-order valence-corrected chi connectivity index (χ3v) is 4.68. The van der Waals surface area contributed by atoms with Crippen LogP contribution in [0.25, 0.3) is 5.65 Å². The second kappa shape index (κ2) is 5.81. The van der Waals surface area contributed by atoms with Crippen LogP contribution < -0.4 is 0 Å². The fraction of sp³-hybridized carbons (Fsp3) is 0.231. The van der Waals surface area contributed by atoms with Gasteiger partial charge >= 0.3 is 0 Å². The molecule has 0 aliphatic carbocycles. The normalized spacial score (nSPS) is 11.1. The number of amides is 1. The predicted octanol–water partition coefficient (Wildman–Crippen LogP) is 2.26. The van der Waals surface area contributed by atoms with E-state index in [0.717, 1.165) is 10.2 Å². The first-order chi connectivity index (χ1) is 10.5. The Morgan fingerprint density at radius 2 is 2.18 bits per heavy atom. The topological polar surface area (TPSA) is 68.3 Å². The van der Waals surface area contributed by atoms with Crippen molar-refractivity contribution >= 4 is 43.4 Å². The molecule has 0 unspecified atom stereocenters. The van der Waals surface area contributed by atoms with E-state index in [1.54, 1.807) is 45.8 Å². The van der Waals surface area contributed by atoms with Gasteiger partial charge in [0.15, 0.2) is 11.3 Å². The molecule has 0 aromatic carbocycles. The van der Waals surface area contributed by atoms with Gasteiger partial charge in [0, 0.05) is 26.5 Å². The highest BCUT2D eigenvalue weighted by atomic mass is 79.9. The molecule has 7 nitrogen and oxygen atoms in total. The van der Waals surface area contributed by atoms with E-state index in [9.17, 15) is 4.79 Å². The van der Waals surface area contributed by atoms with Gasteiger partial charge in [0.25, 0.3) is 5.91 Å². The number of halogens is 2. The molecule has 0 atom stereocenters. The number of aromatic nitrogens is 5. The Kier molecular flexibility index (Phi) is 4.00. The Balaban J connectivity index is 1.90. The minimum atomic E-state index is -0.189. The largest absolute Gasteiger partial charge is 0.334 e. The lowest BCUT2D eigenvalue weighted by molar-refractivity contribution is 0.0774. The zero-order valence-corrected chi connectivity index (χ0v) is 15.0. The Morgan fingerprint density at radius 3 is 2.82 bits per heavy atom. The quantitative estimate of drug-likeness (QED) is 0.642. The van der Waals surface area contributed by atoms with E-state index in [-0.39, 0.29) is 5.91 Å². The van der Waals surface area contributed by atoms with Gasteiger partial charge in [-0.2, -0.15) is 10.2 Å². The molecule has 0 spiro atoms. The first-order valence-electron chi connectivity index (χ1n) is 6.39. The molecule has 22 heavy (non-hydrogen) atoms. The molecule has 1 amide bonds. The summed E-state index contributed by atoms with van der Waals surface area (Å²) in [6.07, 6.45) is 5.12. The van der Waals surface area contributed by atoms with Crippen molar-refractivity contribution in [2.75, 3.05) is 7.05 Å². The maximum atomic E-state index is 12.6. The lowest BCUT2D eigenvalue weighted by atomic mass is 10.3. The molecular formula is C13H12Br2N6O. The summed E-state index contributed by atoms with van der Waals surface area (Å²) in [5, 5.41) is 8.44. The van der Waals surface area contributed by atoms with Crippen molar-refractivity contribution in [1.82, 2.24) is 29.3 Å². The molecule has 0 bridgehead atoms. The summed E-state index contributed by atoms with van der Waals surface area (Å²) < 4.78 is 4.76. The molecule has 0 aliphatic rings. The average Bonchev–Trinajstić information content (AvgIpc) is 3.01. The van der Waals surface area contributed by atoms with Crippen molar-refractivity contribution in [3.05, 3.63) is 45.0 Å². The highest BCUT2D eigenvalue weighted by Gasteiger charge is 2.22. The lowest BCUT2D eigenvalue weighted by Crippen LogP contribution is -2.28. The lowest BCUT2D eigenvalue weighted by Gasteiger charge is -2.16. The summed E-state index contributed by atoms with van der Waals surface area (Å²) in [6.45, 7) is 0.420. The van der Waals surface area contributed by atoms with E-state index in [4.69, 9.17) is 0 Å². The van der Waals surface area contributed by atoms with E-state index >= 15 is 0 Å². The zero-order chi connectivity index (χ0) is 15.9. The van der Waals surface area contributed by atoms with Crippen LogP contribution in [0.1, 0.15) is 16.2 Å². The van der Waals surface area contributed by atoms with Gasteiger partial charge in [-0.05, 0) is 37.9 Å². The second-order valence-corrected chi connectivity index (χ2v) is 6.42. The number of rotatable bonds is 3. The number of nitrogens with zero attached hydrogens (tertiary/aromatic N) is 6. The van der Waals surface area contributed by atoms with E-state index in [1.165, 1.54) is 0 Å². The number of fused-ring (bicyclic) bond motifs is 1. The fourth-order valence-electron chi connectivity index (χ4n) is 2.09. The minimum Gasteiger partial charge on any atom is -0.334 e. The molecule has 3 heterocycles. The van der Waals surface area contributed by atoms with Crippen molar-refractivity contribution in [2.45, 2.75) is 6.54 Å². The summed E-state index contributed by atoms with van der Waals surface area (Å²) in [4.78, 5) is 18.4. The van der Waals surface area contributed by atoms with E-state index < -0.39 is 0 Å². The van der Waals surface area contributed by atoms with Gasteiger partial charge in [-0.15, -0.1) is 0 Å². The van der Waals surface area contributed by atoms with E-state index in [2.05, 4.69) is 47.0 Å². The molecule has 3 rings (SSSR count). The standard InChI is InChI=1S/C13H12Br2N6O/c1-19(7-9-8(14)6-17-20(9)2)13(22)11-10(15)12-16-4-3-5-21(12)18-11/h3-6H,7H2,1-2H3. The van der Waals surface area contributed by atoms with Crippen LogP contribution in [-0.2, 0) is 13.6 Å². The van der Waals surface area contributed by atoms with Crippen LogP contribution in [0.2, 0.25) is 0 Å². The van der Waals surface area contributed by atoms with Crippen LogP contribution in [0.4, 0.5) is 0 Å². The van der Waals surface area contributed by atoms with Gasteiger partial charge < -0.3 is 4.90 Å². The monoisotopic (exact) mass is 426 g/mol. The summed E-state index contributed by atoms with van der Waals surface area (Å²) in [7, 11) is 3.56. The molecule has 114 valence electrons. The summed E-state index contributed by atoms with van der Waals surface area (Å²) in [5.41, 5.74) is 1.86. The van der Waals surface area contributed by atoms with Gasteiger partial charge in [0.1, 0.15) is 0 Å². The molecule has 0 aliphatic heterocycles. The first-order valence-corrected chi connectivity index (χ1v) is 7.98. The first kappa shape index (κ1) is 15.2. The number of hydrogen-bond acceptors (Lipinski definition) is 4. The molecule has 0 fully saturated rings.